The Morgan fingerprint density at radius 1 is 1.75 bits per heavy atom. The molecule has 0 bridgehead atoms. The van der Waals surface area contributed by atoms with Gasteiger partial charge in [-0.15, -0.1) is 0 Å². The van der Waals surface area contributed by atoms with Gasteiger partial charge < -0.3 is 5.11 Å². The van der Waals surface area contributed by atoms with E-state index in [1.165, 1.54) is 6.42 Å². The van der Waals surface area contributed by atoms with Gasteiger partial charge in [-0.05, 0) is 24.7 Å². The molecule has 0 saturated heterocycles. The third-order valence-electron chi connectivity index (χ3n) is 2.08. The fourth-order valence-corrected chi connectivity index (χ4v) is 1.19. The van der Waals surface area contributed by atoms with Crippen molar-refractivity contribution in [1.29, 1.82) is 0 Å². The molecule has 1 fully saturated rings. The van der Waals surface area contributed by atoms with Gasteiger partial charge in [0.1, 0.15) is 0 Å². The highest BCUT2D eigenvalue weighted by Crippen LogP contribution is 2.41. The molecule has 0 aromatic rings. The minimum atomic E-state index is -0.00926. The van der Waals surface area contributed by atoms with Crippen LogP contribution in [-0.2, 0) is 0 Å². The van der Waals surface area contributed by atoms with Crippen LogP contribution in [0, 0.1) is 11.8 Å². The van der Waals surface area contributed by atoms with E-state index in [4.69, 9.17) is 5.11 Å². The molecule has 0 aromatic heterocycles. The van der Waals surface area contributed by atoms with Crippen molar-refractivity contribution in [2.45, 2.75) is 32.8 Å². The summed E-state index contributed by atoms with van der Waals surface area (Å²) in [5, 5.41) is 9.17. The summed E-state index contributed by atoms with van der Waals surface area (Å²) in [5.41, 5.74) is 0. The summed E-state index contributed by atoms with van der Waals surface area (Å²) >= 11 is 0. The van der Waals surface area contributed by atoms with Gasteiger partial charge in [-0.2, -0.15) is 0 Å². The summed E-state index contributed by atoms with van der Waals surface area (Å²) in [5.74, 6) is 1.44. The van der Waals surface area contributed by atoms with Gasteiger partial charge in [-0.25, -0.2) is 0 Å². The summed E-state index contributed by atoms with van der Waals surface area (Å²) < 4.78 is 0. The van der Waals surface area contributed by atoms with Gasteiger partial charge in [0, 0.05) is 0 Å². The van der Waals surface area contributed by atoms with Crippen molar-refractivity contribution in [1.82, 2.24) is 0 Å². The number of rotatable bonds is 2. The first-order valence-corrected chi connectivity index (χ1v) is 3.43. The van der Waals surface area contributed by atoms with Crippen LogP contribution in [0.3, 0.4) is 0 Å². The highest BCUT2D eigenvalue weighted by atomic mass is 16.3. The molecule has 0 radical (unpaired) electrons. The first-order chi connectivity index (χ1) is 3.75. The molecule has 1 unspecified atom stereocenters. The number of aliphatic hydroxyl groups excluding tert-OH is 1. The monoisotopic (exact) mass is 114 g/mol. The molecule has 8 heavy (non-hydrogen) atoms. The zero-order chi connectivity index (χ0) is 6.15. The van der Waals surface area contributed by atoms with Gasteiger partial charge in [-0.1, -0.05) is 13.8 Å². The molecule has 1 rings (SSSR count). The molecule has 0 heterocycles. The minimum absolute atomic E-state index is 0.00926. The van der Waals surface area contributed by atoms with Crippen molar-refractivity contribution < 1.29 is 5.11 Å². The molecule has 48 valence electrons. The molecule has 0 aliphatic heterocycles. The Morgan fingerprint density at radius 3 is 2.38 bits per heavy atom. The Hall–Kier alpha value is -0.0400. The molecule has 1 N–H and O–H groups in total. The van der Waals surface area contributed by atoms with E-state index < -0.39 is 0 Å². The Bertz CT molecular complexity index is 78.5. The maximum absolute atomic E-state index is 9.17. The van der Waals surface area contributed by atoms with Gasteiger partial charge >= 0.3 is 0 Å². The molecule has 1 saturated carbocycles. The van der Waals surface area contributed by atoms with Crippen molar-refractivity contribution in [2.75, 3.05) is 0 Å². The topological polar surface area (TPSA) is 20.2 Å². The summed E-state index contributed by atoms with van der Waals surface area (Å²) in [7, 11) is 0. The van der Waals surface area contributed by atoms with Crippen LogP contribution in [0.2, 0.25) is 0 Å². The molecule has 0 amide bonds. The molecule has 0 aromatic carbocycles. The lowest BCUT2D eigenvalue weighted by molar-refractivity contribution is 0.142. The van der Waals surface area contributed by atoms with Crippen molar-refractivity contribution in [3.63, 3.8) is 0 Å². The second kappa shape index (κ2) is 2.06. The van der Waals surface area contributed by atoms with Gasteiger partial charge in [0.25, 0.3) is 0 Å². The lowest BCUT2D eigenvalue weighted by atomic mass is 10.1. The quantitative estimate of drug-likeness (QED) is 0.575. The molecular weight excluding hydrogens is 100 g/mol. The van der Waals surface area contributed by atoms with Crippen molar-refractivity contribution >= 4 is 0 Å². The Balaban J connectivity index is 2.18. The van der Waals surface area contributed by atoms with Crippen molar-refractivity contribution in [2.24, 2.45) is 11.8 Å². The highest BCUT2D eigenvalue weighted by molar-refractivity contribution is 4.87. The molecule has 3 atom stereocenters. The maximum atomic E-state index is 9.17. The Kier molecular flexibility index (Phi) is 1.57. The van der Waals surface area contributed by atoms with E-state index in [0.29, 0.717) is 5.92 Å². The summed E-state index contributed by atoms with van der Waals surface area (Å²) in [6.07, 6.45) is 2.16. The normalized spacial score (nSPS) is 39.4. The first-order valence-electron chi connectivity index (χ1n) is 3.43. The predicted molar refractivity (Wildman–Crippen MR) is 33.6 cm³/mol. The van der Waals surface area contributed by atoms with E-state index in [0.717, 1.165) is 12.3 Å². The van der Waals surface area contributed by atoms with E-state index >= 15 is 0 Å². The fourth-order valence-electron chi connectivity index (χ4n) is 1.19. The van der Waals surface area contributed by atoms with Gasteiger partial charge in [0.2, 0.25) is 0 Å². The third kappa shape index (κ3) is 1.03. The van der Waals surface area contributed by atoms with E-state index in [2.05, 4.69) is 6.92 Å². The average molecular weight is 114 g/mol. The number of aliphatic hydroxyl groups is 1. The van der Waals surface area contributed by atoms with Crippen LogP contribution in [0.25, 0.3) is 0 Å². The minimum Gasteiger partial charge on any atom is -0.393 e. The van der Waals surface area contributed by atoms with Crippen LogP contribution in [0.15, 0.2) is 0 Å². The lowest BCUT2D eigenvalue weighted by Gasteiger charge is -2.02. The first kappa shape index (κ1) is 6.09. The molecule has 1 aliphatic rings. The lowest BCUT2D eigenvalue weighted by Crippen LogP contribution is -2.07. The standard InChI is InChI=1S/C7H14O/c1-3-7(8)6-4-5(6)2/h5-8H,3-4H2,1-2H3/t5?,6-,7+/m1/s1. The van der Waals surface area contributed by atoms with Crippen LogP contribution in [0.5, 0.6) is 0 Å². The smallest absolute Gasteiger partial charge is 0.0568 e. The van der Waals surface area contributed by atoms with Gasteiger partial charge in [0.15, 0.2) is 0 Å². The number of hydrogen-bond acceptors (Lipinski definition) is 1. The fraction of sp³-hybridized carbons (Fsp3) is 1.00. The Labute approximate surface area is 50.7 Å². The molecular formula is C7H14O. The van der Waals surface area contributed by atoms with Crippen LogP contribution in [0.4, 0.5) is 0 Å². The van der Waals surface area contributed by atoms with Gasteiger partial charge in [-0.3, -0.25) is 0 Å². The van der Waals surface area contributed by atoms with E-state index in [9.17, 15) is 0 Å². The molecule has 1 aliphatic carbocycles. The largest absolute Gasteiger partial charge is 0.393 e. The Morgan fingerprint density at radius 2 is 2.25 bits per heavy atom. The van der Waals surface area contributed by atoms with Crippen LogP contribution < -0.4 is 0 Å². The summed E-state index contributed by atoms with van der Waals surface area (Å²) in [6.45, 7) is 4.24. The van der Waals surface area contributed by atoms with Gasteiger partial charge in [0.05, 0.1) is 6.10 Å². The second-order valence-corrected chi connectivity index (χ2v) is 2.85. The van der Waals surface area contributed by atoms with Crippen LogP contribution in [0.1, 0.15) is 26.7 Å². The molecule has 0 spiro atoms. The van der Waals surface area contributed by atoms with E-state index in [1.807, 2.05) is 6.92 Å². The van der Waals surface area contributed by atoms with Crippen LogP contribution in [-0.4, -0.2) is 11.2 Å². The zero-order valence-corrected chi connectivity index (χ0v) is 5.59. The van der Waals surface area contributed by atoms with Crippen molar-refractivity contribution in [3.05, 3.63) is 0 Å². The molecule has 1 nitrogen and oxygen atoms in total. The maximum Gasteiger partial charge on any atom is 0.0568 e. The molecule has 1 heteroatoms. The number of hydrogen-bond donors (Lipinski definition) is 1. The van der Waals surface area contributed by atoms with Crippen LogP contribution >= 0.6 is 0 Å². The predicted octanol–water partition coefficient (Wildman–Crippen LogP) is 1.41. The van der Waals surface area contributed by atoms with E-state index in [1.54, 1.807) is 0 Å². The van der Waals surface area contributed by atoms with E-state index in [-0.39, 0.29) is 6.10 Å². The summed E-state index contributed by atoms with van der Waals surface area (Å²) in [6, 6.07) is 0. The zero-order valence-electron chi connectivity index (χ0n) is 5.59. The second-order valence-electron chi connectivity index (χ2n) is 2.85. The highest BCUT2D eigenvalue weighted by Gasteiger charge is 2.37. The average Bonchev–Trinajstić information content (AvgIpc) is 2.45. The van der Waals surface area contributed by atoms with Crippen molar-refractivity contribution in [3.8, 4) is 0 Å². The SMILES string of the molecule is CC[C@H](O)[C@@H]1CC1C. The third-order valence-corrected chi connectivity index (χ3v) is 2.08. The summed E-state index contributed by atoms with van der Waals surface area (Å²) in [4.78, 5) is 0.